The van der Waals surface area contributed by atoms with Crippen LogP contribution in [0, 0.1) is 0 Å². The van der Waals surface area contributed by atoms with Gasteiger partial charge in [0.2, 0.25) is 0 Å². The van der Waals surface area contributed by atoms with Crippen LogP contribution in [0.25, 0.3) is 5.70 Å². The molecule has 2 fully saturated rings. The molecule has 3 N–H and O–H groups in total. The van der Waals surface area contributed by atoms with E-state index in [1.165, 1.54) is 59.3 Å². The number of benzene rings is 3. The minimum Gasteiger partial charge on any atom is -0.385 e. The highest BCUT2D eigenvalue weighted by atomic mass is 35.5. The number of carbonyl (C=O) groups excluding carboxylic acids is 1. The van der Waals surface area contributed by atoms with Gasteiger partial charge in [-0.25, -0.2) is 4.79 Å². The van der Waals surface area contributed by atoms with Crippen LogP contribution in [0.5, 0.6) is 0 Å². The van der Waals surface area contributed by atoms with Gasteiger partial charge in [-0.05, 0) is 103 Å². The zero-order valence-corrected chi connectivity index (χ0v) is 25.5. The molecule has 220 valence electrons. The van der Waals surface area contributed by atoms with Gasteiger partial charge in [0.05, 0.1) is 6.04 Å². The summed E-state index contributed by atoms with van der Waals surface area (Å²) in [5.41, 5.74) is 9.67. The fourth-order valence-electron chi connectivity index (χ4n) is 6.61. The van der Waals surface area contributed by atoms with Gasteiger partial charge in [0, 0.05) is 36.4 Å². The standard InChI is InChI=1S/C36H43ClN4O/c1-25-9-6-7-21-41(25)22-8-20-38-34(28-16-17-28)29-18-19-30(33(37)23-29)24-39-36(42)40-35-31-12-4-2-10-26(31)14-15-27-11-3-5-13-32(27)35/h2-5,10-13,18-19,23,25,35,38H,6-9,14-17,20-22,24H2,1H3,(H2,39,40,42). The van der Waals surface area contributed by atoms with Crippen LogP contribution >= 0.6 is 11.6 Å². The van der Waals surface area contributed by atoms with Crippen molar-refractivity contribution in [3.05, 3.63) is 111 Å². The molecular formula is C36H43ClN4O. The molecule has 1 saturated carbocycles. The van der Waals surface area contributed by atoms with E-state index < -0.39 is 0 Å². The van der Waals surface area contributed by atoms with Crippen molar-refractivity contribution in [2.45, 2.75) is 76.9 Å². The number of nitrogens with zero attached hydrogens (tertiary/aromatic N) is 1. The molecule has 1 saturated heterocycles. The van der Waals surface area contributed by atoms with Crippen molar-refractivity contribution in [1.29, 1.82) is 0 Å². The van der Waals surface area contributed by atoms with Gasteiger partial charge in [-0.3, -0.25) is 0 Å². The first-order valence-corrected chi connectivity index (χ1v) is 16.1. The molecule has 3 aliphatic rings. The number of hydrogen-bond acceptors (Lipinski definition) is 3. The Labute approximate surface area is 255 Å². The van der Waals surface area contributed by atoms with Gasteiger partial charge in [0.1, 0.15) is 0 Å². The number of halogens is 1. The predicted molar refractivity (Wildman–Crippen MR) is 173 cm³/mol. The lowest BCUT2D eigenvalue weighted by Gasteiger charge is -2.33. The Morgan fingerprint density at radius 2 is 1.62 bits per heavy atom. The summed E-state index contributed by atoms with van der Waals surface area (Å²) in [6.45, 7) is 6.09. The lowest BCUT2D eigenvalue weighted by molar-refractivity contribution is 0.159. The van der Waals surface area contributed by atoms with E-state index in [0.29, 0.717) is 17.6 Å². The normalized spacial score (nSPS) is 18.4. The topological polar surface area (TPSA) is 56.4 Å². The smallest absolute Gasteiger partial charge is 0.315 e. The molecule has 1 heterocycles. The van der Waals surface area contributed by atoms with Crippen molar-refractivity contribution in [1.82, 2.24) is 20.9 Å². The molecule has 3 aromatic rings. The quantitative estimate of drug-likeness (QED) is 0.231. The first-order chi connectivity index (χ1) is 20.6. The Bertz CT molecular complexity index is 1400. The first kappa shape index (κ1) is 28.8. The average molecular weight is 583 g/mol. The fourth-order valence-corrected chi connectivity index (χ4v) is 6.86. The number of amides is 2. The van der Waals surface area contributed by atoms with E-state index >= 15 is 0 Å². The summed E-state index contributed by atoms with van der Waals surface area (Å²) >= 11 is 6.78. The molecule has 3 aromatic carbocycles. The third-order valence-corrected chi connectivity index (χ3v) is 9.52. The monoisotopic (exact) mass is 582 g/mol. The molecule has 2 aliphatic carbocycles. The highest BCUT2D eigenvalue weighted by molar-refractivity contribution is 6.31. The number of hydrogen-bond donors (Lipinski definition) is 3. The second-order valence-corrected chi connectivity index (χ2v) is 12.5. The van der Waals surface area contributed by atoms with Gasteiger partial charge in [-0.15, -0.1) is 0 Å². The van der Waals surface area contributed by atoms with Crippen molar-refractivity contribution in [2.75, 3.05) is 19.6 Å². The molecule has 0 radical (unpaired) electrons. The lowest BCUT2D eigenvalue weighted by atomic mass is 9.95. The predicted octanol–water partition coefficient (Wildman–Crippen LogP) is 7.39. The summed E-state index contributed by atoms with van der Waals surface area (Å²) in [5.74, 6) is 0. The van der Waals surface area contributed by atoms with Crippen LogP contribution in [-0.4, -0.2) is 36.6 Å². The molecule has 0 aromatic heterocycles. The maximum Gasteiger partial charge on any atom is 0.315 e. The van der Waals surface area contributed by atoms with Crippen molar-refractivity contribution >= 4 is 23.3 Å². The van der Waals surface area contributed by atoms with Gasteiger partial charge >= 0.3 is 6.03 Å². The van der Waals surface area contributed by atoms with E-state index in [0.717, 1.165) is 56.3 Å². The minimum atomic E-state index is -0.197. The number of likely N-dealkylation sites (tertiary alicyclic amines) is 1. The van der Waals surface area contributed by atoms with Crippen LogP contribution in [0.2, 0.25) is 5.02 Å². The van der Waals surface area contributed by atoms with Crippen LogP contribution in [0.15, 0.2) is 72.3 Å². The summed E-state index contributed by atoms with van der Waals surface area (Å²) in [6, 6.07) is 23.4. The molecular weight excluding hydrogens is 540 g/mol. The van der Waals surface area contributed by atoms with E-state index in [1.54, 1.807) is 0 Å². The molecule has 5 nitrogen and oxygen atoms in total. The number of aryl methyl sites for hydroxylation is 2. The van der Waals surface area contributed by atoms with E-state index in [-0.39, 0.29) is 12.1 Å². The molecule has 6 rings (SSSR count). The van der Waals surface area contributed by atoms with Crippen LogP contribution in [0.4, 0.5) is 4.79 Å². The molecule has 1 aliphatic heterocycles. The maximum atomic E-state index is 13.2. The van der Waals surface area contributed by atoms with Gasteiger partial charge in [0.15, 0.2) is 0 Å². The number of piperidine rings is 1. The van der Waals surface area contributed by atoms with E-state index in [2.05, 4.69) is 88.4 Å². The van der Waals surface area contributed by atoms with Crippen molar-refractivity contribution in [3.8, 4) is 0 Å². The second-order valence-electron chi connectivity index (χ2n) is 12.1. The largest absolute Gasteiger partial charge is 0.385 e. The SMILES string of the molecule is CC1CCCCN1CCCNC(=C1CC1)c1ccc(CNC(=O)NC2c3ccccc3CCc3ccccc32)c(Cl)c1. The third-order valence-electron chi connectivity index (χ3n) is 9.17. The van der Waals surface area contributed by atoms with Gasteiger partial charge in [-0.2, -0.15) is 0 Å². The summed E-state index contributed by atoms with van der Waals surface area (Å²) in [5, 5.41) is 10.7. The van der Waals surface area contributed by atoms with Crippen molar-refractivity contribution in [2.24, 2.45) is 0 Å². The zero-order chi connectivity index (χ0) is 28.9. The highest BCUT2D eigenvalue weighted by Crippen LogP contribution is 2.36. The zero-order valence-electron chi connectivity index (χ0n) is 24.7. The van der Waals surface area contributed by atoms with E-state index in [4.69, 9.17) is 11.6 Å². The second kappa shape index (κ2) is 13.4. The number of urea groups is 1. The number of carbonyl (C=O) groups is 1. The molecule has 1 unspecified atom stereocenters. The van der Waals surface area contributed by atoms with Crippen molar-refractivity contribution < 1.29 is 4.79 Å². The van der Waals surface area contributed by atoms with Crippen LogP contribution in [-0.2, 0) is 19.4 Å². The molecule has 0 bridgehead atoms. The Balaban J connectivity index is 1.06. The number of nitrogens with one attached hydrogen (secondary N) is 3. The molecule has 1 atom stereocenters. The fraction of sp³-hybridized carbons (Fsp3) is 0.417. The first-order valence-electron chi connectivity index (χ1n) is 15.8. The van der Waals surface area contributed by atoms with Crippen LogP contribution in [0.3, 0.4) is 0 Å². The summed E-state index contributed by atoms with van der Waals surface area (Å²) in [7, 11) is 0. The average Bonchev–Trinajstić information content (AvgIpc) is 3.86. The third kappa shape index (κ3) is 6.85. The van der Waals surface area contributed by atoms with E-state index in [9.17, 15) is 4.79 Å². The Morgan fingerprint density at radius 3 is 2.29 bits per heavy atom. The number of rotatable bonds is 9. The van der Waals surface area contributed by atoms with Gasteiger partial charge in [0.25, 0.3) is 0 Å². The van der Waals surface area contributed by atoms with Crippen LogP contribution < -0.4 is 16.0 Å². The summed E-state index contributed by atoms with van der Waals surface area (Å²) in [4.78, 5) is 15.8. The maximum absolute atomic E-state index is 13.2. The molecule has 0 spiro atoms. The van der Waals surface area contributed by atoms with Gasteiger partial charge in [-0.1, -0.05) is 78.7 Å². The van der Waals surface area contributed by atoms with Crippen molar-refractivity contribution in [3.63, 3.8) is 0 Å². The summed E-state index contributed by atoms with van der Waals surface area (Å²) in [6.07, 6.45) is 9.41. The number of fused-ring (bicyclic) bond motifs is 2. The number of allylic oxidation sites excluding steroid dienone is 1. The van der Waals surface area contributed by atoms with Gasteiger partial charge < -0.3 is 20.9 Å². The van der Waals surface area contributed by atoms with Crippen LogP contribution in [0.1, 0.15) is 84.9 Å². The Kier molecular flexibility index (Phi) is 9.16. The minimum absolute atomic E-state index is 0.185. The lowest BCUT2D eigenvalue weighted by Crippen LogP contribution is -2.38. The molecule has 2 amide bonds. The summed E-state index contributed by atoms with van der Waals surface area (Å²) < 4.78 is 0. The molecule has 6 heteroatoms. The Morgan fingerprint density at radius 1 is 0.905 bits per heavy atom. The highest BCUT2D eigenvalue weighted by Gasteiger charge is 2.25. The van der Waals surface area contributed by atoms with E-state index in [1.807, 2.05) is 6.07 Å². The molecule has 42 heavy (non-hydrogen) atoms. The Hall–Kier alpha value is -3.28.